The van der Waals surface area contributed by atoms with Crippen LogP contribution >= 0.6 is 0 Å². The lowest BCUT2D eigenvalue weighted by Crippen LogP contribution is -2.41. The molecule has 2 rings (SSSR count). The van der Waals surface area contributed by atoms with E-state index in [-0.39, 0.29) is 5.91 Å². The van der Waals surface area contributed by atoms with Crippen LogP contribution in [0.1, 0.15) is 6.42 Å². The molecule has 1 fully saturated rings. The molecule has 98 valence electrons. The zero-order valence-electron chi connectivity index (χ0n) is 10.3. The third-order valence-corrected chi connectivity index (χ3v) is 2.79. The van der Waals surface area contributed by atoms with Gasteiger partial charge < -0.3 is 20.7 Å². The standard InChI is InChI=1S/C12H18N4O2/c13-10-1-3-14-11(9-10)15-4-2-12(17)16-5-7-18-8-6-16/h1,3,9H,2,4-8H2,(H3,13,14,15). The average molecular weight is 250 g/mol. The minimum absolute atomic E-state index is 0.148. The highest BCUT2D eigenvalue weighted by Crippen LogP contribution is 2.08. The number of amides is 1. The molecule has 2 heterocycles. The summed E-state index contributed by atoms with van der Waals surface area (Å²) in [7, 11) is 0. The highest BCUT2D eigenvalue weighted by molar-refractivity contribution is 5.76. The molecule has 0 spiro atoms. The van der Waals surface area contributed by atoms with E-state index in [0.29, 0.717) is 50.8 Å². The van der Waals surface area contributed by atoms with Crippen molar-refractivity contribution in [2.24, 2.45) is 0 Å². The van der Waals surface area contributed by atoms with Gasteiger partial charge in [-0.05, 0) is 6.07 Å². The maximum absolute atomic E-state index is 11.8. The molecule has 1 aromatic rings. The number of rotatable bonds is 4. The van der Waals surface area contributed by atoms with Crippen molar-refractivity contribution in [2.75, 3.05) is 43.9 Å². The molecule has 1 aromatic heterocycles. The van der Waals surface area contributed by atoms with E-state index >= 15 is 0 Å². The van der Waals surface area contributed by atoms with Gasteiger partial charge in [0.05, 0.1) is 13.2 Å². The van der Waals surface area contributed by atoms with Crippen LogP contribution in [0, 0.1) is 0 Å². The maximum Gasteiger partial charge on any atom is 0.224 e. The van der Waals surface area contributed by atoms with Gasteiger partial charge in [0.2, 0.25) is 5.91 Å². The van der Waals surface area contributed by atoms with Gasteiger partial charge in [-0.2, -0.15) is 0 Å². The van der Waals surface area contributed by atoms with Crippen molar-refractivity contribution in [1.29, 1.82) is 0 Å². The Labute approximate surface area is 106 Å². The van der Waals surface area contributed by atoms with E-state index in [1.807, 2.05) is 4.90 Å². The second kappa shape index (κ2) is 6.20. The van der Waals surface area contributed by atoms with Crippen LogP contribution in [0.3, 0.4) is 0 Å². The lowest BCUT2D eigenvalue weighted by Gasteiger charge is -2.26. The van der Waals surface area contributed by atoms with Gasteiger partial charge in [-0.3, -0.25) is 4.79 Å². The minimum Gasteiger partial charge on any atom is -0.399 e. The van der Waals surface area contributed by atoms with E-state index in [2.05, 4.69) is 10.3 Å². The van der Waals surface area contributed by atoms with Crippen molar-refractivity contribution in [2.45, 2.75) is 6.42 Å². The van der Waals surface area contributed by atoms with Gasteiger partial charge in [0.15, 0.2) is 0 Å². The van der Waals surface area contributed by atoms with Crippen LogP contribution in [0.25, 0.3) is 0 Å². The monoisotopic (exact) mass is 250 g/mol. The quantitative estimate of drug-likeness (QED) is 0.804. The van der Waals surface area contributed by atoms with Crippen molar-refractivity contribution >= 4 is 17.4 Å². The Morgan fingerprint density at radius 2 is 2.28 bits per heavy atom. The van der Waals surface area contributed by atoms with Crippen molar-refractivity contribution in [3.8, 4) is 0 Å². The topological polar surface area (TPSA) is 80.5 Å². The van der Waals surface area contributed by atoms with E-state index in [1.165, 1.54) is 0 Å². The summed E-state index contributed by atoms with van der Waals surface area (Å²) in [6.45, 7) is 3.21. The number of nitrogens with one attached hydrogen (secondary N) is 1. The molecule has 1 amide bonds. The molecule has 0 saturated carbocycles. The number of anilines is 2. The van der Waals surface area contributed by atoms with Gasteiger partial charge in [-0.15, -0.1) is 0 Å². The summed E-state index contributed by atoms with van der Waals surface area (Å²) in [4.78, 5) is 17.8. The number of ether oxygens (including phenoxy) is 1. The maximum atomic E-state index is 11.8. The van der Waals surface area contributed by atoms with Crippen LogP contribution in [-0.2, 0) is 9.53 Å². The van der Waals surface area contributed by atoms with Crippen molar-refractivity contribution < 1.29 is 9.53 Å². The Balaban J connectivity index is 1.73. The number of carbonyl (C=O) groups is 1. The number of carbonyl (C=O) groups excluding carboxylic acids is 1. The second-order valence-electron chi connectivity index (χ2n) is 4.14. The van der Waals surface area contributed by atoms with Crippen LogP contribution in [0.15, 0.2) is 18.3 Å². The third kappa shape index (κ3) is 3.59. The van der Waals surface area contributed by atoms with Crippen molar-refractivity contribution in [3.63, 3.8) is 0 Å². The molecule has 0 aliphatic carbocycles. The molecule has 3 N–H and O–H groups in total. The Morgan fingerprint density at radius 1 is 1.50 bits per heavy atom. The molecule has 6 heteroatoms. The molecule has 1 aliphatic heterocycles. The summed E-state index contributed by atoms with van der Waals surface area (Å²) in [5.74, 6) is 0.847. The minimum atomic E-state index is 0.148. The zero-order valence-corrected chi connectivity index (χ0v) is 10.3. The van der Waals surface area contributed by atoms with E-state index in [4.69, 9.17) is 10.5 Å². The number of morpholine rings is 1. The Bertz CT molecular complexity index is 405. The first-order chi connectivity index (χ1) is 8.75. The molecule has 0 bridgehead atoms. The molecule has 0 unspecified atom stereocenters. The van der Waals surface area contributed by atoms with Gasteiger partial charge in [0, 0.05) is 44.0 Å². The molecule has 0 atom stereocenters. The SMILES string of the molecule is Nc1ccnc(NCCC(=O)N2CCOCC2)c1. The highest BCUT2D eigenvalue weighted by atomic mass is 16.5. The second-order valence-corrected chi connectivity index (χ2v) is 4.14. The fourth-order valence-corrected chi connectivity index (χ4v) is 1.81. The normalized spacial score (nSPS) is 15.4. The predicted molar refractivity (Wildman–Crippen MR) is 69.2 cm³/mol. The summed E-state index contributed by atoms with van der Waals surface area (Å²) in [6, 6.07) is 3.48. The first-order valence-corrected chi connectivity index (χ1v) is 6.06. The number of nitrogen functional groups attached to an aromatic ring is 1. The molecule has 1 saturated heterocycles. The van der Waals surface area contributed by atoms with Crippen LogP contribution < -0.4 is 11.1 Å². The third-order valence-electron chi connectivity index (χ3n) is 2.79. The molecule has 0 radical (unpaired) electrons. The van der Waals surface area contributed by atoms with Crippen LogP contribution in [0.2, 0.25) is 0 Å². The fourth-order valence-electron chi connectivity index (χ4n) is 1.81. The Kier molecular flexibility index (Phi) is 4.35. The van der Waals surface area contributed by atoms with Crippen molar-refractivity contribution in [3.05, 3.63) is 18.3 Å². The predicted octanol–water partition coefficient (Wildman–Crippen LogP) is 0.325. The van der Waals surface area contributed by atoms with Crippen molar-refractivity contribution in [1.82, 2.24) is 9.88 Å². The lowest BCUT2D eigenvalue weighted by atomic mass is 10.3. The number of nitrogens with two attached hydrogens (primary N) is 1. The molecule has 6 nitrogen and oxygen atoms in total. The number of nitrogens with zero attached hydrogens (tertiary/aromatic N) is 2. The summed E-state index contributed by atoms with van der Waals surface area (Å²) >= 11 is 0. The summed E-state index contributed by atoms with van der Waals surface area (Å²) in [5.41, 5.74) is 6.30. The number of hydrogen-bond donors (Lipinski definition) is 2. The summed E-state index contributed by atoms with van der Waals surface area (Å²) in [5, 5.41) is 3.09. The first-order valence-electron chi connectivity index (χ1n) is 6.06. The van der Waals surface area contributed by atoms with Crippen LogP contribution in [0.5, 0.6) is 0 Å². The molecular formula is C12H18N4O2. The Morgan fingerprint density at radius 3 is 3.00 bits per heavy atom. The first kappa shape index (κ1) is 12.6. The summed E-state index contributed by atoms with van der Waals surface area (Å²) < 4.78 is 5.20. The van der Waals surface area contributed by atoms with E-state index in [1.54, 1.807) is 18.3 Å². The Hall–Kier alpha value is -1.82. The van der Waals surface area contributed by atoms with E-state index < -0.39 is 0 Å². The molecule has 0 aromatic carbocycles. The van der Waals surface area contributed by atoms with Crippen LogP contribution in [0.4, 0.5) is 11.5 Å². The van der Waals surface area contributed by atoms with Gasteiger partial charge in [-0.25, -0.2) is 4.98 Å². The van der Waals surface area contributed by atoms with Gasteiger partial charge in [-0.1, -0.05) is 0 Å². The average Bonchev–Trinajstić information content (AvgIpc) is 2.40. The summed E-state index contributed by atoms with van der Waals surface area (Å²) in [6.07, 6.45) is 2.10. The van der Waals surface area contributed by atoms with Gasteiger partial charge in [0.25, 0.3) is 0 Å². The number of pyridine rings is 1. The van der Waals surface area contributed by atoms with E-state index in [0.717, 1.165) is 0 Å². The van der Waals surface area contributed by atoms with Gasteiger partial charge >= 0.3 is 0 Å². The van der Waals surface area contributed by atoms with Crippen LogP contribution in [-0.4, -0.2) is 48.6 Å². The largest absolute Gasteiger partial charge is 0.399 e. The number of hydrogen-bond acceptors (Lipinski definition) is 5. The van der Waals surface area contributed by atoms with Gasteiger partial charge in [0.1, 0.15) is 5.82 Å². The molecule has 1 aliphatic rings. The number of aromatic nitrogens is 1. The van der Waals surface area contributed by atoms with E-state index in [9.17, 15) is 4.79 Å². The zero-order chi connectivity index (χ0) is 12.8. The fraction of sp³-hybridized carbons (Fsp3) is 0.500. The molecular weight excluding hydrogens is 232 g/mol. The highest BCUT2D eigenvalue weighted by Gasteiger charge is 2.15. The lowest BCUT2D eigenvalue weighted by molar-refractivity contribution is -0.134. The molecule has 18 heavy (non-hydrogen) atoms. The smallest absolute Gasteiger partial charge is 0.224 e.